The molecule has 2 aliphatic heterocycles. The van der Waals surface area contributed by atoms with Gasteiger partial charge in [0.1, 0.15) is 0 Å². The Labute approximate surface area is 169 Å². The molecular weight excluding hydrogens is 366 g/mol. The monoisotopic (exact) mass is 393 g/mol. The van der Waals surface area contributed by atoms with Crippen LogP contribution >= 0.6 is 0 Å². The normalized spacial score (nSPS) is 20.6. The number of carbonyl (C=O) groups is 1. The topological polar surface area (TPSA) is 82.9 Å². The summed E-state index contributed by atoms with van der Waals surface area (Å²) in [5.74, 6) is 0.403. The number of fused-ring (bicyclic) bond motifs is 1. The van der Waals surface area contributed by atoms with Crippen molar-refractivity contribution in [2.45, 2.75) is 38.8 Å². The van der Waals surface area contributed by atoms with E-state index in [0.717, 1.165) is 68.7 Å². The van der Waals surface area contributed by atoms with Gasteiger partial charge in [0.2, 0.25) is 0 Å². The minimum Gasteiger partial charge on any atom is -0.337 e. The lowest BCUT2D eigenvalue weighted by atomic mass is 9.97. The summed E-state index contributed by atoms with van der Waals surface area (Å²) < 4.78 is 1.95. The minimum atomic E-state index is 0.0143. The molecule has 0 spiro atoms. The average molecular weight is 393 g/mol. The molecule has 1 N–H and O–H groups in total. The lowest BCUT2D eigenvalue weighted by Gasteiger charge is -2.32. The Kier molecular flexibility index (Phi) is 5.01. The highest BCUT2D eigenvalue weighted by Crippen LogP contribution is 2.23. The zero-order valence-electron chi connectivity index (χ0n) is 16.6. The first kappa shape index (κ1) is 18.3. The number of benzene rings is 1. The van der Waals surface area contributed by atoms with Crippen molar-refractivity contribution in [3.8, 4) is 0 Å². The number of likely N-dealkylation sites (tertiary alicyclic amines) is 2. The highest BCUT2D eigenvalue weighted by atomic mass is 16.2. The summed E-state index contributed by atoms with van der Waals surface area (Å²) in [5, 5.41) is 16.8. The maximum atomic E-state index is 13.1. The summed E-state index contributed by atoms with van der Waals surface area (Å²) >= 11 is 0. The number of nitrogens with one attached hydrogen (secondary N) is 1. The molecule has 152 valence electrons. The maximum absolute atomic E-state index is 13.1. The summed E-state index contributed by atoms with van der Waals surface area (Å²) in [6.45, 7) is 5.54. The second-order valence-corrected chi connectivity index (χ2v) is 8.29. The van der Waals surface area contributed by atoms with Crippen molar-refractivity contribution < 1.29 is 4.79 Å². The first-order chi connectivity index (χ1) is 14.3. The van der Waals surface area contributed by atoms with Gasteiger partial charge in [-0.2, -0.15) is 5.10 Å². The number of carbonyl (C=O) groups excluding carboxylic acids is 1. The van der Waals surface area contributed by atoms with Gasteiger partial charge in [0.15, 0.2) is 5.69 Å². The first-order valence-electron chi connectivity index (χ1n) is 10.6. The van der Waals surface area contributed by atoms with Gasteiger partial charge in [-0.15, -0.1) is 5.10 Å². The SMILES string of the molecule is O=C(c1n[nH]c2ccccc12)N1CCCC(Cn2cc(CN3CCCC3)nn2)C1. The summed E-state index contributed by atoms with van der Waals surface area (Å²) in [6.07, 6.45) is 6.75. The van der Waals surface area contributed by atoms with Crippen LogP contribution in [0.3, 0.4) is 0 Å². The van der Waals surface area contributed by atoms with Crippen LogP contribution in [0.5, 0.6) is 0 Å². The van der Waals surface area contributed by atoms with Crippen molar-refractivity contribution in [3.05, 3.63) is 41.9 Å². The smallest absolute Gasteiger partial charge is 0.275 e. The number of aromatic nitrogens is 5. The van der Waals surface area contributed by atoms with Gasteiger partial charge in [-0.3, -0.25) is 19.5 Å². The fourth-order valence-corrected chi connectivity index (χ4v) is 4.61. The van der Waals surface area contributed by atoms with Crippen molar-refractivity contribution in [1.29, 1.82) is 0 Å². The summed E-state index contributed by atoms with van der Waals surface area (Å²) in [4.78, 5) is 17.5. The molecule has 8 heteroatoms. The average Bonchev–Trinajstić information content (AvgIpc) is 3.49. The number of hydrogen-bond donors (Lipinski definition) is 1. The van der Waals surface area contributed by atoms with Gasteiger partial charge in [-0.05, 0) is 50.8 Å². The molecule has 2 aliphatic rings. The Hall–Kier alpha value is -2.74. The Bertz CT molecular complexity index is 988. The van der Waals surface area contributed by atoms with E-state index >= 15 is 0 Å². The quantitative estimate of drug-likeness (QED) is 0.719. The number of H-pyrrole nitrogens is 1. The van der Waals surface area contributed by atoms with Gasteiger partial charge >= 0.3 is 0 Å². The largest absolute Gasteiger partial charge is 0.337 e. The number of nitrogens with zero attached hydrogens (tertiary/aromatic N) is 6. The number of amides is 1. The summed E-state index contributed by atoms with van der Waals surface area (Å²) in [5.41, 5.74) is 2.46. The number of para-hydroxylation sites is 1. The van der Waals surface area contributed by atoms with Crippen molar-refractivity contribution in [2.24, 2.45) is 5.92 Å². The zero-order chi connectivity index (χ0) is 19.6. The fraction of sp³-hybridized carbons (Fsp3) is 0.524. The molecule has 1 aromatic carbocycles. The number of rotatable bonds is 5. The molecule has 29 heavy (non-hydrogen) atoms. The number of piperidine rings is 1. The molecule has 0 bridgehead atoms. The van der Waals surface area contributed by atoms with Crippen molar-refractivity contribution in [3.63, 3.8) is 0 Å². The Morgan fingerprint density at radius 3 is 2.90 bits per heavy atom. The summed E-state index contributed by atoms with van der Waals surface area (Å²) in [6, 6.07) is 7.78. The first-order valence-corrected chi connectivity index (χ1v) is 10.6. The van der Waals surface area contributed by atoms with Crippen LogP contribution in [0.25, 0.3) is 10.9 Å². The van der Waals surface area contributed by atoms with Crippen LogP contribution in [0.4, 0.5) is 0 Å². The Morgan fingerprint density at radius 1 is 1.14 bits per heavy atom. The fourth-order valence-electron chi connectivity index (χ4n) is 4.61. The third-order valence-corrected chi connectivity index (χ3v) is 6.09. The van der Waals surface area contributed by atoms with Gasteiger partial charge in [-0.25, -0.2) is 0 Å². The molecule has 3 aromatic rings. The van der Waals surface area contributed by atoms with E-state index in [1.54, 1.807) is 0 Å². The highest BCUT2D eigenvalue weighted by Gasteiger charge is 2.27. The molecule has 1 atom stereocenters. The van der Waals surface area contributed by atoms with E-state index in [9.17, 15) is 4.79 Å². The van der Waals surface area contributed by atoms with E-state index in [2.05, 4.69) is 31.6 Å². The van der Waals surface area contributed by atoms with E-state index in [0.29, 0.717) is 11.6 Å². The van der Waals surface area contributed by atoms with Crippen molar-refractivity contribution in [1.82, 2.24) is 35.0 Å². The van der Waals surface area contributed by atoms with Crippen LogP contribution in [-0.2, 0) is 13.1 Å². The van der Waals surface area contributed by atoms with Gasteiger partial charge in [0, 0.05) is 37.8 Å². The van der Waals surface area contributed by atoms with Crippen LogP contribution < -0.4 is 0 Å². The maximum Gasteiger partial charge on any atom is 0.275 e. The molecular formula is C21H27N7O. The predicted octanol–water partition coefficient (Wildman–Crippen LogP) is 2.30. The van der Waals surface area contributed by atoms with Gasteiger partial charge in [0.05, 0.1) is 11.2 Å². The molecule has 1 unspecified atom stereocenters. The highest BCUT2D eigenvalue weighted by molar-refractivity contribution is 6.04. The van der Waals surface area contributed by atoms with Crippen LogP contribution in [-0.4, -0.2) is 67.1 Å². The molecule has 2 fully saturated rings. The standard InChI is InChI=1S/C21H27N7O/c29-21(20-18-7-1-2-8-19(18)23-24-20)27-11-5-6-16(12-27)13-28-15-17(22-25-28)14-26-9-3-4-10-26/h1-2,7-8,15-16H,3-6,9-14H2,(H,23,24). The molecule has 2 aromatic heterocycles. The molecule has 0 aliphatic carbocycles. The van der Waals surface area contributed by atoms with Gasteiger partial charge < -0.3 is 4.90 Å². The van der Waals surface area contributed by atoms with E-state index in [-0.39, 0.29) is 5.91 Å². The van der Waals surface area contributed by atoms with Crippen LogP contribution in [0.2, 0.25) is 0 Å². The summed E-state index contributed by atoms with van der Waals surface area (Å²) in [7, 11) is 0. The molecule has 4 heterocycles. The molecule has 2 saturated heterocycles. The van der Waals surface area contributed by atoms with Crippen LogP contribution in [0.15, 0.2) is 30.5 Å². The van der Waals surface area contributed by atoms with Gasteiger partial charge in [0.25, 0.3) is 5.91 Å². The Morgan fingerprint density at radius 2 is 2.00 bits per heavy atom. The second kappa shape index (κ2) is 7.94. The van der Waals surface area contributed by atoms with E-state index in [4.69, 9.17) is 0 Å². The molecule has 0 saturated carbocycles. The lowest BCUT2D eigenvalue weighted by molar-refractivity contribution is 0.0655. The molecule has 1 amide bonds. The minimum absolute atomic E-state index is 0.0143. The van der Waals surface area contributed by atoms with Crippen molar-refractivity contribution >= 4 is 16.8 Å². The molecule has 8 nitrogen and oxygen atoms in total. The lowest BCUT2D eigenvalue weighted by Crippen LogP contribution is -2.41. The third-order valence-electron chi connectivity index (χ3n) is 6.09. The molecule has 0 radical (unpaired) electrons. The third kappa shape index (κ3) is 3.89. The van der Waals surface area contributed by atoms with Crippen molar-refractivity contribution in [2.75, 3.05) is 26.2 Å². The Balaban J connectivity index is 1.23. The van der Waals surface area contributed by atoms with Gasteiger partial charge in [-0.1, -0.05) is 23.4 Å². The predicted molar refractivity (Wildman–Crippen MR) is 109 cm³/mol. The van der Waals surface area contributed by atoms with E-state index in [1.807, 2.05) is 33.8 Å². The molecule has 5 rings (SSSR count). The number of hydrogen-bond acceptors (Lipinski definition) is 5. The van der Waals surface area contributed by atoms with Crippen LogP contribution in [0.1, 0.15) is 41.9 Å². The van der Waals surface area contributed by atoms with Crippen LogP contribution in [0, 0.1) is 5.92 Å². The number of aromatic amines is 1. The zero-order valence-corrected chi connectivity index (χ0v) is 16.6. The second-order valence-electron chi connectivity index (χ2n) is 8.29. The van der Waals surface area contributed by atoms with E-state index in [1.165, 1.54) is 12.8 Å². The van der Waals surface area contributed by atoms with E-state index < -0.39 is 0 Å².